The van der Waals surface area contributed by atoms with Crippen LogP contribution in [-0.2, 0) is 0 Å². The van der Waals surface area contributed by atoms with Crippen LogP contribution in [0, 0.1) is 46.2 Å². The molecule has 0 heterocycles. The highest BCUT2D eigenvalue weighted by atomic mass is 28.3. The Morgan fingerprint density at radius 1 is 0.512 bits per heavy atom. The van der Waals surface area contributed by atoms with Gasteiger partial charge in [-0.2, -0.15) is 0 Å². The van der Waals surface area contributed by atoms with Crippen LogP contribution in [0.25, 0.3) is 0 Å². The Labute approximate surface area is 271 Å². The van der Waals surface area contributed by atoms with Crippen LogP contribution in [0.15, 0.2) is 35.4 Å². The van der Waals surface area contributed by atoms with E-state index in [0.717, 1.165) is 22.4 Å². The smallest absolute Gasteiger partial charge is 0.146 e. The van der Waals surface area contributed by atoms with Gasteiger partial charge in [-0.05, 0) is 57.5 Å². The SMILES string of the molecule is CC(C)[Si](C#C/C(C#Cc1ccc(N(C)C)cc1)=C(\C#C[Si](C)(C)C)C#C[Si](C(C)C)(C(C)C)C(C)C)(C(C)C)C(C)C. The standard InChI is InChI=1S/C39H61NSi3/c1-30(2)42(31(3)4,32(5)6)28-25-37(21-18-36-19-22-39(23-20-36)40(13)14)38(24-27-41(15,16)17)26-29-43(33(7)8,34(9)10)35(11)12/h19-20,22-23,30-35H,1-17H3/b38-37+. The second kappa shape index (κ2) is 16.1. The molecule has 0 fully saturated rings. The molecule has 0 atom stereocenters. The topological polar surface area (TPSA) is 3.24 Å². The van der Waals surface area contributed by atoms with Gasteiger partial charge in [0.15, 0.2) is 0 Å². The van der Waals surface area contributed by atoms with Crippen molar-refractivity contribution in [3.63, 3.8) is 0 Å². The normalized spacial score (nSPS) is 12.7. The van der Waals surface area contributed by atoms with E-state index in [-0.39, 0.29) is 0 Å². The Bertz CT molecular complexity index is 1310. The highest BCUT2D eigenvalue weighted by Crippen LogP contribution is 2.42. The summed E-state index contributed by atoms with van der Waals surface area (Å²) in [4.78, 5) is 2.11. The molecule has 1 aromatic carbocycles. The van der Waals surface area contributed by atoms with Gasteiger partial charge in [0.05, 0.1) is 11.1 Å². The summed E-state index contributed by atoms with van der Waals surface area (Å²) in [5.41, 5.74) is 18.5. The average molecular weight is 628 g/mol. The summed E-state index contributed by atoms with van der Waals surface area (Å²) < 4.78 is 0. The number of rotatable bonds is 7. The summed E-state index contributed by atoms with van der Waals surface area (Å²) in [6.07, 6.45) is 0. The van der Waals surface area contributed by atoms with Gasteiger partial charge >= 0.3 is 0 Å². The minimum atomic E-state index is -1.99. The van der Waals surface area contributed by atoms with Crippen molar-refractivity contribution in [2.24, 2.45) is 0 Å². The minimum absolute atomic E-state index is 0.540. The van der Waals surface area contributed by atoms with Gasteiger partial charge in [0.25, 0.3) is 0 Å². The first-order valence-corrected chi connectivity index (χ1v) is 24.3. The lowest BCUT2D eigenvalue weighted by Gasteiger charge is -2.38. The van der Waals surface area contributed by atoms with Crippen LogP contribution < -0.4 is 4.90 Å². The average Bonchev–Trinajstić information content (AvgIpc) is 2.86. The molecule has 0 spiro atoms. The zero-order valence-corrected chi connectivity index (χ0v) is 33.7. The maximum absolute atomic E-state index is 3.95. The summed E-state index contributed by atoms with van der Waals surface area (Å²) in [7, 11) is -1.51. The maximum atomic E-state index is 3.95. The molecule has 0 unspecified atom stereocenters. The first kappa shape index (κ1) is 38.7. The molecule has 0 saturated heterocycles. The van der Waals surface area contributed by atoms with Crippen LogP contribution in [0.3, 0.4) is 0 Å². The van der Waals surface area contributed by atoms with E-state index in [0.29, 0.717) is 33.2 Å². The third kappa shape index (κ3) is 10.1. The van der Waals surface area contributed by atoms with Gasteiger partial charge in [0.2, 0.25) is 0 Å². The predicted octanol–water partition coefficient (Wildman–Crippen LogP) is 10.7. The van der Waals surface area contributed by atoms with Crippen molar-refractivity contribution in [3.8, 4) is 46.2 Å². The van der Waals surface area contributed by atoms with Crippen LogP contribution >= 0.6 is 0 Å². The van der Waals surface area contributed by atoms with Gasteiger partial charge in [0.1, 0.15) is 24.2 Å². The highest BCUT2D eigenvalue weighted by Gasteiger charge is 2.42. The fourth-order valence-electron chi connectivity index (χ4n) is 6.75. The quantitative estimate of drug-likeness (QED) is 0.215. The third-order valence-corrected chi connectivity index (χ3v) is 22.5. The number of anilines is 1. The Hall–Kier alpha value is -2.35. The molecule has 4 heteroatoms. The second-order valence-corrected chi connectivity index (χ2v) is 31.1. The molecule has 0 aliphatic heterocycles. The second-order valence-electron chi connectivity index (χ2n) is 15.2. The minimum Gasteiger partial charge on any atom is -0.378 e. The molecule has 1 nitrogen and oxygen atoms in total. The molecule has 0 N–H and O–H groups in total. The molecule has 0 radical (unpaired) electrons. The third-order valence-electron chi connectivity index (χ3n) is 9.07. The number of hydrogen-bond donors (Lipinski definition) is 0. The van der Waals surface area contributed by atoms with Crippen LogP contribution in [-0.4, -0.2) is 38.3 Å². The summed E-state index contributed by atoms with van der Waals surface area (Å²) >= 11 is 0. The van der Waals surface area contributed by atoms with Gasteiger partial charge in [-0.3, -0.25) is 0 Å². The number of nitrogens with zero attached hydrogens (tertiary/aromatic N) is 1. The van der Waals surface area contributed by atoms with Crippen LogP contribution in [0.2, 0.25) is 52.9 Å². The van der Waals surface area contributed by atoms with Crippen molar-refractivity contribution in [2.75, 3.05) is 19.0 Å². The van der Waals surface area contributed by atoms with Gasteiger partial charge in [0, 0.05) is 25.3 Å². The van der Waals surface area contributed by atoms with E-state index in [9.17, 15) is 0 Å². The monoisotopic (exact) mass is 627 g/mol. The molecule has 0 amide bonds. The maximum Gasteiger partial charge on any atom is 0.146 e. The summed E-state index contributed by atoms with van der Waals surface area (Å²) in [6.45, 7) is 35.2. The number of benzene rings is 1. The summed E-state index contributed by atoms with van der Waals surface area (Å²) in [6, 6.07) is 8.42. The van der Waals surface area contributed by atoms with E-state index < -0.39 is 24.2 Å². The largest absolute Gasteiger partial charge is 0.378 e. The van der Waals surface area contributed by atoms with Crippen molar-refractivity contribution in [1.29, 1.82) is 0 Å². The number of allylic oxidation sites excluding steroid dienone is 2. The molecule has 0 aromatic heterocycles. The fraction of sp³-hybridized carbons (Fsp3) is 0.590. The van der Waals surface area contributed by atoms with Gasteiger partial charge in [-0.25, -0.2) is 0 Å². The van der Waals surface area contributed by atoms with Crippen LogP contribution in [0.1, 0.15) is 88.6 Å². The Morgan fingerprint density at radius 3 is 1.14 bits per heavy atom. The van der Waals surface area contributed by atoms with Crippen molar-refractivity contribution in [3.05, 3.63) is 41.0 Å². The zero-order chi connectivity index (χ0) is 33.3. The molecule has 1 aromatic rings. The first-order valence-electron chi connectivity index (χ1n) is 16.3. The summed E-state index contributed by atoms with van der Waals surface area (Å²) in [5, 5.41) is 0. The zero-order valence-electron chi connectivity index (χ0n) is 30.7. The van der Waals surface area contributed by atoms with Crippen LogP contribution in [0.5, 0.6) is 0 Å². The molecule has 0 saturated carbocycles. The van der Waals surface area contributed by atoms with E-state index >= 15 is 0 Å². The van der Waals surface area contributed by atoms with Crippen molar-refractivity contribution >= 4 is 29.9 Å². The van der Waals surface area contributed by atoms with Crippen molar-refractivity contribution in [1.82, 2.24) is 0 Å². The molecule has 0 bridgehead atoms. The lowest BCUT2D eigenvalue weighted by Crippen LogP contribution is -2.43. The molecule has 0 aliphatic rings. The molecular formula is C39H61NSi3. The van der Waals surface area contributed by atoms with Gasteiger partial charge < -0.3 is 4.90 Å². The van der Waals surface area contributed by atoms with E-state index in [4.69, 9.17) is 0 Å². The summed E-state index contributed by atoms with van der Waals surface area (Å²) in [5.74, 6) is 18.0. The van der Waals surface area contributed by atoms with Crippen molar-refractivity contribution in [2.45, 2.75) is 136 Å². The predicted molar refractivity (Wildman–Crippen MR) is 203 cm³/mol. The first-order chi connectivity index (χ1) is 19.7. The fourth-order valence-corrected chi connectivity index (χ4v) is 17.7. The Morgan fingerprint density at radius 2 is 0.837 bits per heavy atom. The van der Waals surface area contributed by atoms with Crippen molar-refractivity contribution < 1.29 is 0 Å². The molecule has 1 rings (SSSR count). The van der Waals surface area contributed by atoms with E-state index in [1.165, 1.54) is 0 Å². The molecular weight excluding hydrogens is 567 g/mol. The lowest BCUT2D eigenvalue weighted by molar-refractivity contribution is 0.838. The van der Waals surface area contributed by atoms with Gasteiger partial charge in [-0.1, -0.05) is 132 Å². The van der Waals surface area contributed by atoms with E-state index in [1.807, 2.05) is 0 Å². The molecule has 234 valence electrons. The number of hydrogen-bond acceptors (Lipinski definition) is 1. The van der Waals surface area contributed by atoms with E-state index in [1.54, 1.807) is 0 Å². The lowest BCUT2D eigenvalue weighted by atomic mass is 10.1. The van der Waals surface area contributed by atoms with E-state index in [2.05, 4.69) is 192 Å². The molecule has 0 aliphatic carbocycles. The molecule has 43 heavy (non-hydrogen) atoms. The highest BCUT2D eigenvalue weighted by molar-refractivity contribution is 6.91. The van der Waals surface area contributed by atoms with Gasteiger partial charge in [-0.15, -0.1) is 16.6 Å². The Balaban J connectivity index is 4.30. The Kier molecular flexibility index (Phi) is 14.5. The van der Waals surface area contributed by atoms with Crippen LogP contribution in [0.4, 0.5) is 5.69 Å².